The molecule has 0 unspecified atom stereocenters. The Hall–Kier alpha value is -1.58. The van der Waals surface area contributed by atoms with Crippen molar-refractivity contribution in [2.75, 3.05) is 7.05 Å². The van der Waals surface area contributed by atoms with E-state index in [1.165, 1.54) is 6.08 Å². The number of nitrogens with one attached hydrogen (secondary N) is 1. The molecule has 4 nitrogen and oxygen atoms in total. The lowest BCUT2D eigenvalue weighted by molar-refractivity contribution is -0.115. The SMILES string of the molecule is CNC(=O)/C=C/c1nccn1C. The molecule has 12 heavy (non-hydrogen) atoms. The molecule has 1 N–H and O–H groups in total. The highest BCUT2D eigenvalue weighted by Crippen LogP contribution is 1.95. The zero-order valence-electron chi connectivity index (χ0n) is 7.11. The zero-order valence-corrected chi connectivity index (χ0v) is 7.11. The Balaban J connectivity index is 2.69. The van der Waals surface area contributed by atoms with E-state index in [0.717, 1.165) is 5.82 Å². The second kappa shape index (κ2) is 3.71. The minimum Gasteiger partial charge on any atom is -0.356 e. The maximum Gasteiger partial charge on any atom is 0.243 e. The summed E-state index contributed by atoms with van der Waals surface area (Å²) < 4.78 is 1.83. The standard InChI is InChI=1S/C8H11N3O/c1-9-8(12)4-3-7-10-5-6-11(7)2/h3-6H,1-2H3,(H,9,12)/b4-3+. The van der Waals surface area contributed by atoms with Crippen molar-refractivity contribution >= 4 is 12.0 Å². The van der Waals surface area contributed by atoms with Crippen LogP contribution in [-0.2, 0) is 11.8 Å². The van der Waals surface area contributed by atoms with Gasteiger partial charge in [0, 0.05) is 32.6 Å². The van der Waals surface area contributed by atoms with Crippen molar-refractivity contribution in [3.05, 3.63) is 24.3 Å². The molecule has 0 atom stereocenters. The molecular formula is C8H11N3O. The summed E-state index contributed by atoms with van der Waals surface area (Å²) in [7, 11) is 3.46. The number of hydrogen-bond acceptors (Lipinski definition) is 2. The van der Waals surface area contributed by atoms with E-state index in [0.29, 0.717) is 0 Å². The molecule has 0 saturated carbocycles. The molecule has 1 aromatic rings. The minimum absolute atomic E-state index is 0.127. The molecular weight excluding hydrogens is 154 g/mol. The summed E-state index contributed by atoms with van der Waals surface area (Å²) in [5, 5.41) is 2.48. The number of amides is 1. The second-order valence-corrected chi connectivity index (χ2v) is 2.34. The number of carbonyl (C=O) groups is 1. The van der Waals surface area contributed by atoms with Gasteiger partial charge in [-0.15, -0.1) is 0 Å². The van der Waals surface area contributed by atoms with E-state index in [4.69, 9.17) is 0 Å². The third-order valence-corrected chi connectivity index (χ3v) is 1.49. The minimum atomic E-state index is -0.127. The summed E-state index contributed by atoms with van der Waals surface area (Å²) in [5.74, 6) is 0.636. The van der Waals surface area contributed by atoms with Gasteiger partial charge >= 0.3 is 0 Å². The van der Waals surface area contributed by atoms with Gasteiger partial charge < -0.3 is 9.88 Å². The quantitative estimate of drug-likeness (QED) is 0.635. The van der Waals surface area contributed by atoms with Crippen molar-refractivity contribution in [1.29, 1.82) is 0 Å². The molecule has 0 aliphatic rings. The highest BCUT2D eigenvalue weighted by molar-refractivity contribution is 5.90. The van der Waals surface area contributed by atoms with Gasteiger partial charge in [0.1, 0.15) is 5.82 Å². The first kappa shape index (κ1) is 8.52. The van der Waals surface area contributed by atoms with Crippen LogP contribution in [0, 0.1) is 0 Å². The van der Waals surface area contributed by atoms with Crippen LogP contribution < -0.4 is 5.32 Å². The van der Waals surface area contributed by atoms with E-state index in [1.807, 2.05) is 17.8 Å². The van der Waals surface area contributed by atoms with E-state index >= 15 is 0 Å². The van der Waals surface area contributed by atoms with E-state index in [9.17, 15) is 4.79 Å². The van der Waals surface area contributed by atoms with Crippen LogP contribution in [0.5, 0.6) is 0 Å². The molecule has 0 aromatic carbocycles. The fraction of sp³-hybridized carbons (Fsp3) is 0.250. The summed E-state index contributed by atoms with van der Waals surface area (Å²) in [6.45, 7) is 0. The number of rotatable bonds is 2. The molecule has 1 rings (SSSR count). The third-order valence-electron chi connectivity index (χ3n) is 1.49. The normalized spacial score (nSPS) is 10.5. The molecule has 1 heterocycles. The van der Waals surface area contributed by atoms with Crippen LogP contribution in [-0.4, -0.2) is 22.5 Å². The predicted octanol–water partition coefficient (Wildman–Crippen LogP) is 0.179. The van der Waals surface area contributed by atoms with Crippen LogP contribution in [0.2, 0.25) is 0 Å². The maximum atomic E-state index is 10.8. The van der Waals surface area contributed by atoms with E-state index < -0.39 is 0 Å². The summed E-state index contributed by atoms with van der Waals surface area (Å²) in [4.78, 5) is 14.8. The Morgan fingerprint density at radius 1 is 1.75 bits per heavy atom. The summed E-state index contributed by atoms with van der Waals surface area (Å²) in [5.41, 5.74) is 0. The van der Waals surface area contributed by atoms with Gasteiger partial charge in [0.2, 0.25) is 5.91 Å². The van der Waals surface area contributed by atoms with E-state index in [2.05, 4.69) is 10.3 Å². The highest BCUT2D eigenvalue weighted by atomic mass is 16.1. The molecule has 0 aliphatic carbocycles. The number of nitrogens with zero attached hydrogens (tertiary/aromatic N) is 2. The van der Waals surface area contributed by atoms with Crippen LogP contribution in [0.3, 0.4) is 0 Å². The smallest absolute Gasteiger partial charge is 0.243 e. The average molecular weight is 165 g/mol. The number of likely N-dealkylation sites (N-methyl/N-ethyl adjacent to an activating group) is 1. The van der Waals surface area contributed by atoms with Crippen molar-refractivity contribution in [2.24, 2.45) is 7.05 Å². The molecule has 0 bridgehead atoms. The van der Waals surface area contributed by atoms with Crippen LogP contribution in [0.4, 0.5) is 0 Å². The Kier molecular flexibility index (Phi) is 2.63. The van der Waals surface area contributed by atoms with Gasteiger partial charge in [-0.3, -0.25) is 4.79 Å². The first-order chi connectivity index (χ1) is 5.74. The average Bonchev–Trinajstić information content (AvgIpc) is 2.47. The fourth-order valence-corrected chi connectivity index (χ4v) is 0.771. The lowest BCUT2D eigenvalue weighted by Gasteiger charge is -1.93. The van der Waals surface area contributed by atoms with Gasteiger partial charge in [0.15, 0.2) is 0 Å². The van der Waals surface area contributed by atoms with Crippen LogP contribution in [0.25, 0.3) is 6.08 Å². The Labute approximate surface area is 70.9 Å². The molecule has 1 amide bonds. The Morgan fingerprint density at radius 2 is 2.50 bits per heavy atom. The molecule has 0 spiro atoms. The zero-order chi connectivity index (χ0) is 8.97. The van der Waals surface area contributed by atoms with Crippen LogP contribution in [0.15, 0.2) is 18.5 Å². The van der Waals surface area contributed by atoms with Crippen molar-refractivity contribution in [1.82, 2.24) is 14.9 Å². The second-order valence-electron chi connectivity index (χ2n) is 2.34. The van der Waals surface area contributed by atoms with Crippen molar-refractivity contribution in [3.63, 3.8) is 0 Å². The number of aryl methyl sites for hydroxylation is 1. The summed E-state index contributed by atoms with van der Waals surface area (Å²) in [6, 6.07) is 0. The fourth-order valence-electron chi connectivity index (χ4n) is 0.771. The van der Waals surface area contributed by atoms with Crippen molar-refractivity contribution in [3.8, 4) is 0 Å². The van der Waals surface area contributed by atoms with Gasteiger partial charge in [0.25, 0.3) is 0 Å². The van der Waals surface area contributed by atoms with E-state index in [1.54, 1.807) is 19.3 Å². The maximum absolute atomic E-state index is 10.8. The number of hydrogen-bond donors (Lipinski definition) is 1. The van der Waals surface area contributed by atoms with Gasteiger partial charge in [-0.05, 0) is 6.08 Å². The summed E-state index contributed by atoms with van der Waals surface area (Å²) >= 11 is 0. The lowest BCUT2D eigenvalue weighted by atomic mass is 10.4. The highest BCUT2D eigenvalue weighted by Gasteiger charge is 1.93. The van der Waals surface area contributed by atoms with Crippen LogP contribution >= 0.6 is 0 Å². The molecule has 0 fully saturated rings. The Bertz CT molecular complexity index is 301. The summed E-state index contributed by atoms with van der Waals surface area (Å²) in [6.07, 6.45) is 6.62. The van der Waals surface area contributed by atoms with Gasteiger partial charge in [0.05, 0.1) is 0 Å². The molecule has 0 aliphatic heterocycles. The number of imidazole rings is 1. The first-order valence-electron chi connectivity index (χ1n) is 3.61. The molecule has 0 radical (unpaired) electrons. The third kappa shape index (κ3) is 1.95. The number of carbonyl (C=O) groups excluding carboxylic acids is 1. The first-order valence-corrected chi connectivity index (χ1v) is 3.61. The Morgan fingerprint density at radius 3 is 3.00 bits per heavy atom. The van der Waals surface area contributed by atoms with Gasteiger partial charge in [-0.2, -0.15) is 0 Å². The topological polar surface area (TPSA) is 46.9 Å². The number of aromatic nitrogens is 2. The van der Waals surface area contributed by atoms with E-state index in [-0.39, 0.29) is 5.91 Å². The van der Waals surface area contributed by atoms with Crippen molar-refractivity contribution < 1.29 is 4.79 Å². The van der Waals surface area contributed by atoms with Gasteiger partial charge in [-0.1, -0.05) is 0 Å². The van der Waals surface area contributed by atoms with Crippen LogP contribution in [0.1, 0.15) is 5.82 Å². The molecule has 4 heteroatoms. The largest absolute Gasteiger partial charge is 0.356 e. The molecule has 0 saturated heterocycles. The monoisotopic (exact) mass is 165 g/mol. The predicted molar refractivity (Wildman–Crippen MR) is 46.3 cm³/mol. The molecule has 1 aromatic heterocycles. The lowest BCUT2D eigenvalue weighted by Crippen LogP contribution is -2.14. The molecule has 64 valence electrons. The van der Waals surface area contributed by atoms with Crippen molar-refractivity contribution in [2.45, 2.75) is 0 Å². The van der Waals surface area contributed by atoms with Gasteiger partial charge in [-0.25, -0.2) is 4.98 Å².